The van der Waals surface area contributed by atoms with Gasteiger partial charge in [0.1, 0.15) is 0 Å². The fourth-order valence-corrected chi connectivity index (χ4v) is 2.83. The van der Waals surface area contributed by atoms with Crippen LogP contribution >= 0.6 is 12.4 Å². The van der Waals surface area contributed by atoms with Crippen molar-refractivity contribution in [3.8, 4) is 11.8 Å². The zero-order chi connectivity index (χ0) is 18.6. The molecule has 140 valence electrons. The lowest BCUT2D eigenvalue weighted by molar-refractivity contribution is -0.137. The highest BCUT2D eigenvalue weighted by atomic mass is 35.5. The minimum atomic E-state index is -4.32. The van der Waals surface area contributed by atoms with Gasteiger partial charge in [0.15, 0.2) is 0 Å². The number of fused-ring (bicyclic) bond motifs is 1. The molecule has 0 fully saturated rings. The maximum Gasteiger partial charge on any atom is 0.416 e. The molecule has 0 saturated heterocycles. The molecule has 0 aliphatic rings. The molecule has 0 heterocycles. The van der Waals surface area contributed by atoms with Crippen LogP contribution in [0.2, 0.25) is 0 Å². The molecule has 0 spiro atoms. The van der Waals surface area contributed by atoms with Crippen LogP contribution in [0, 0.1) is 11.8 Å². The summed E-state index contributed by atoms with van der Waals surface area (Å²) < 4.78 is 37.6. The van der Waals surface area contributed by atoms with E-state index in [1.54, 1.807) is 0 Å². The molecular formula is C22H19ClF3N. The number of rotatable bonds is 3. The summed E-state index contributed by atoms with van der Waals surface area (Å²) in [6.07, 6.45) is -4.32. The number of hydrogen-bond acceptors (Lipinski definition) is 1. The van der Waals surface area contributed by atoms with Gasteiger partial charge in [0, 0.05) is 11.6 Å². The second-order valence-electron chi connectivity index (χ2n) is 6.05. The molecule has 0 saturated carbocycles. The molecule has 1 unspecified atom stereocenters. The fourth-order valence-electron chi connectivity index (χ4n) is 2.83. The van der Waals surface area contributed by atoms with E-state index in [2.05, 4.69) is 48.3 Å². The van der Waals surface area contributed by atoms with Crippen molar-refractivity contribution in [1.29, 1.82) is 0 Å². The molecule has 27 heavy (non-hydrogen) atoms. The third kappa shape index (κ3) is 5.26. The van der Waals surface area contributed by atoms with Gasteiger partial charge in [0.05, 0.1) is 12.1 Å². The second kappa shape index (κ2) is 8.94. The smallest absolute Gasteiger partial charge is 0.300 e. The molecule has 1 atom stereocenters. The van der Waals surface area contributed by atoms with Crippen LogP contribution in [0.3, 0.4) is 0 Å². The molecular weight excluding hydrogens is 371 g/mol. The highest BCUT2D eigenvalue weighted by Gasteiger charge is 2.29. The van der Waals surface area contributed by atoms with Gasteiger partial charge in [-0.3, -0.25) is 5.32 Å². The monoisotopic (exact) mass is 389 g/mol. The zero-order valence-electron chi connectivity index (χ0n) is 14.7. The van der Waals surface area contributed by atoms with Gasteiger partial charge >= 0.3 is 6.18 Å². The predicted molar refractivity (Wildman–Crippen MR) is 106 cm³/mol. The topological polar surface area (TPSA) is 12.0 Å². The third-order valence-corrected chi connectivity index (χ3v) is 4.23. The Morgan fingerprint density at radius 1 is 0.926 bits per heavy atom. The first-order valence-electron chi connectivity index (χ1n) is 8.32. The summed E-state index contributed by atoms with van der Waals surface area (Å²) in [5, 5.41) is 5.73. The number of nitrogens with one attached hydrogen (secondary N) is 1. The van der Waals surface area contributed by atoms with Crippen LogP contribution in [0.25, 0.3) is 10.8 Å². The molecule has 0 bridgehead atoms. The Bertz CT molecular complexity index is 948. The molecule has 5 heteroatoms. The van der Waals surface area contributed by atoms with E-state index in [1.807, 2.05) is 18.2 Å². The van der Waals surface area contributed by atoms with Crippen LogP contribution in [0.1, 0.15) is 29.7 Å². The van der Waals surface area contributed by atoms with Crippen molar-refractivity contribution in [2.24, 2.45) is 0 Å². The molecule has 3 aromatic carbocycles. The Labute approximate surface area is 163 Å². The van der Waals surface area contributed by atoms with E-state index < -0.39 is 11.7 Å². The van der Waals surface area contributed by atoms with E-state index in [1.165, 1.54) is 28.5 Å². The standard InChI is InChI=1S/C22H18F3N.ClH/c1-16(20-10-4-8-18-7-2-3-9-21(18)20)26-15-5-6-17-11-13-19(14-12-17)22(23,24)25;/h2-4,7-14,16,26H,15H2,1H3;1H. The molecule has 0 aliphatic carbocycles. The Hall–Kier alpha value is -2.48. The van der Waals surface area contributed by atoms with Crippen LogP contribution in [0.4, 0.5) is 13.2 Å². The third-order valence-electron chi connectivity index (χ3n) is 4.23. The Balaban J connectivity index is 0.00000261. The lowest BCUT2D eigenvalue weighted by Crippen LogP contribution is -2.19. The van der Waals surface area contributed by atoms with E-state index in [-0.39, 0.29) is 18.4 Å². The number of hydrogen-bond donors (Lipinski definition) is 1. The molecule has 3 rings (SSSR count). The predicted octanol–water partition coefficient (Wildman–Crippen LogP) is 5.98. The van der Waals surface area contributed by atoms with Crippen LogP contribution < -0.4 is 5.32 Å². The van der Waals surface area contributed by atoms with Gasteiger partial charge in [-0.05, 0) is 47.5 Å². The first kappa shape index (κ1) is 20.8. The fraction of sp³-hybridized carbons (Fsp3) is 0.182. The van der Waals surface area contributed by atoms with E-state index in [0.717, 1.165) is 12.1 Å². The summed E-state index contributed by atoms with van der Waals surface area (Å²) in [4.78, 5) is 0. The number of halogens is 4. The van der Waals surface area contributed by atoms with Crippen molar-refractivity contribution < 1.29 is 13.2 Å². The molecule has 3 aromatic rings. The summed E-state index contributed by atoms with van der Waals surface area (Å²) in [7, 11) is 0. The number of alkyl halides is 3. The highest BCUT2D eigenvalue weighted by molar-refractivity contribution is 5.86. The van der Waals surface area contributed by atoms with Crippen LogP contribution in [0.5, 0.6) is 0 Å². The minimum absolute atomic E-state index is 0. The Kier molecular flexibility index (Phi) is 6.90. The summed E-state index contributed by atoms with van der Waals surface area (Å²) in [5.74, 6) is 5.85. The highest BCUT2D eigenvalue weighted by Crippen LogP contribution is 2.29. The second-order valence-corrected chi connectivity index (χ2v) is 6.05. The van der Waals surface area contributed by atoms with E-state index >= 15 is 0 Å². The first-order valence-corrected chi connectivity index (χ1v) is 8.32. The largest absolute Gasteiger partial charge is 0.416 e. The van der Waals surface area contributed by atoms with Crippen molar-refractivity contribution in [3.63, 3.8) is 0 Å². The summed E-state index contributed by atoms with van der Waals surface area (Å²) in [5.41, 5.74) is 1.10. The Morgan fingerprint density at radius 2 is 1.59 bits per heavy atom. The van der Waals surface area contributed by atoms with E-state index in [9.17, 15) is 13.2 Å². The van der Waals surface area contributed by atoms with Crippen molar-refractivity contribution in [2.75, 3.05) is 6.54 Å². The van der Waals surface area contributed by atoms with Gasteiger partial charge in [0.2, 0.25) is 0 Å². The molecule has 0 aromatic heterocycles. The maximum absolute atomic E-state index is 12.5. The molecule has 0 aliphatic heterocycles. The van der Waals surface area contributed by atoms with Gasteiger partial charge in [0.25, 0.3) is 0 Å². The lowest BCUT2D eigenvalue weighted by Gasteiger charge is -2.15. The van der Waals surface area contributed by atoms with Crippen LogP contribution in [-0.2, 0) is 6.18 Å². The molecule has 1 N–H and O–H groups in total. The maximum atomic E-state index is 12.5. The van der Waals surface area contributed by atoms with Gasteiger partial charge in [-0.1, -0.05) is 54.3 Å². The minimum Gasteiger partial charge on any atom is -0.300 e. The van der Waals surface area contributed by atoms with Crippen molar-refractivity contribution in [2.45, 2.75) is 19.1 Å². The van der Waals surface area contributed by atoms with Crippen LogP contribution in [0.15, 0.2) is 66.7 Å². The molecule has 0 radical (unpaired) electrons. The first-order chi connectivity index (χ1) is 12.4. The average molecular weight is 390 g/mol. The summed E-state index contributed by atoms with van der Waals surface area (Å²) in [6, 6.07) is 19.4. The molecule has 0 amide bonds. The van der Waals surface area contributed by atoms with Gasteiger partial charge < -0.3 is 0 Å². The van der Waals surface area contributed by atoms with Gasteiger partial charge in [-0.25, -0.2) is 0 Å². The molecule has 1 nitrogen and oxygen atoms in total. The number of benzene rings is 3. The normalized spacial score (nSPS) is 12.0. The Morgan fingerprint density at radius 3 is 2.30 bits per heavy atom. The lowest BCUT2D eigenvalue weighted by atomic mass is 10.00. The average Bonchev–Trinajstić information content (AvgIpc) is 2.64. The van der Waals surface area contributed by atoms with Gasteiger partial charge in [-0.2, -0.15) is 13.2 Å². The van der Waals surface area contributed by atoms with E-state index in [0.29, 0.717) is 12.1 Å². The SMILES string of the molecule is CC(NCC#Cc1ccc(C(F)(F)F)cc1)c1cccc2ccccc12.Cl. The van der Waals surface area contributed by atoms with Crippen molar-refractivity contribution in [3.05, 3.63) is 83.4 Å². The van der Waals surface area contributed by atoms with Crippen LogP contribution in [-0.4, -0.2) is 6.54 Å². The summed E-state index contributed by atoms with van der Waals surface area (Å²) >= 11 is 0. The van der Waals surface area contributed by atoms with Gasteiger partial charge in [-0.15, -0.1) is 12.4 Å². The quantitative estimate of drug-likeness (QED) is 0.543. The summed E-state index contributed by atoms with van der Waals surface area (Å²) in [6.45, 7) is 2.52. The van der Waals surface area contributed by atoms with E-state index in [4.69, 9.17) is 0 Å². The van der Waals surface area contributed by atoms with Crippen molar-refractivity contribution in [1.82, 2.24) is 5.32 Å². The zero-order valence-corrected chi connectivity index (χ0v) is 15.5. The van der Waals surface area contributed by atoms with Crippen molar-refractivity contribution >= 4 is 23.2 Å².